The van der Waals surface area contributed by atoms with E-state index in [1.165, 1.54) is 12.1 Å². The molecule has 1 heterocycles. The van der Waals surface area contributed by atoms with Crippen molar-refractivity contribution in [3.8, 4) is 0 Å². The highest BCUT2D eigenvalue weighted by Gasteiger charge is 2.27. The number of rotatable bonds is 7. The van der Waals surface area contributed by atoms with Gasteiger partial charge < -0.3 is 15.0 Å². The standard InChI is InChI=1S/C21H23N3O4/c1-4-28-21(25)20-18(16-7-5-6-8-17(16)23-20)19(22-13(2)3)14-9-11-15(12-10-14)24(26)27/h5-13,19,22-23H,4H2,1-3H3/t19-/m0/s1. The van der Waals surface area contributed by atoms with Gasteiger partial charge in [-0.2, -0.15) is 0 Å². The summed E-state index contributed by atoms with van der Waals surface area (Å²) in [5.41, 5.74) is 2.85. The monoisotopic (exact) mass is 381 g/mol. The topological polar surface area (TPSA) is 97.3 Å². The number of nitro groups is 1. The number of carbonyl (C=O) groups excluding carboxylic acids is 1. The number of carbonyl (C=O) groups is 1. The molecule has 7 nitrogen and oxygen atoms in total. The molecule has 2 aromatic carbocycles. The molecule has 3 rings (SSSR count). The number of hydrogen-bond donors (Lipinski definition) is 2. The lowest BCUT2D eigenvalue weighted by molar-refractivity contribution is -0.384. The van der Waals surface area contributed by atoms with Gasteiger partial charge in [-0.15, -0.1) is 0 Å². The number of aromatic nitrogens is 1. The van der Waals surface area contributed by atoms with E-state index < -0.39 is 10.9 Å². The Kier molecular flexibility index (Phi) is 5.75. The van der Waals surface area contributed by atoms with Crippen molar-refractivity contribution in [2.75, 3.05) is 6.61 Å². The summed E-state index contributed by atoms with van der Waals surface area (Å²) in [6.07, 6.45) is 0. The molecule has 0 unspecified atom stereocenters. The maximum Gasteiger partial charge on any atom is 0.355 e. The quantitative estimate of drug-likeness (QED) is 0.360. The molecule has 1 aromatic heterocycles. The Morgan fingerprint density at radius 3 is 2.46 bits per heavy atom. The van der Waals surface area contributed by atoms with E-state index in [0.29, 0.717) is 5.69 Å². The lowest BCUT2D eigenvalue weighted by Crippen LogP contribution is -2.30. The smallest absolute Gasteiger partial charge is 0.355 e. The molecule has 0 amide bonds. The summed E-state index contributed by atoms with van der Waals surface area (Å²) in [6, 6.07) is 13.8. The minimum absolute atomic E-state index is 0.0246. The first-order valence-corrected chi connectivity index (χ1v) is 9.20. The van der Waals surface area contributed by atoms with Crippen LogP contribution in [-0.4, -0.2) is 28.5 Å². The summed E-state index contributed by atoms with van der Waals surface area (Å²) < 4.78 is 5.25. The minimum Gasteiger partial charge on any atom is -0.461 e. The molecule has 2 N–H and O–H groups in total. The fourth-order valence-electron chi connectivity index (χ4n) is 3.30. The predicted octanol–water partition coefficient (Wildman–Crippen LogP) is 4.34. The van der Waals surface area contributed by atoms with Crippen LogP contribution in [0.2, 0.25) is 0 Å². The first-order chi connectivity index (χ1) is 13.4. The van der Waals surface area contributed by atoms with Crippen molar-refractivity contribution in [1.82, 2.24) is 10.3 Å². The van der Waals surface area contributed by atoms with Crippen LogP contribution in [0, 0.1) is 10.1 Å². The van der Waals surface area contributed by atoms with E-state index in [1.54, 1.807) is 19.1 Å². The molecule has 3 aromatic rings. The van der Waals surface area contributed by atoms with E-state index in [1.807, 2.05) is 38.1 Å². The van der Waals surface area contributed by atoms with Gasteiger partial charge >= 0.3 is 5.97 Å². The number of nitrogens with one attached hydrogen (secondary N) is 2. The molecule has 0 radical (unpaired) electrons. The highest BCUT2D eigenvalue weighted by atomic mass is 16.6. The lowest BCUT2D eigenvalue weighted by atomic mass is 9.94. The van der Waals surface area contributed by atoms with Gasteiger partial charge in [0.25, 0.3) is 5.69 Å². The first-order valence-electron chi connectivity index (χ1n) is 9.20. The van der Waals surface area contributed by atoms with Gasteiger partial charge in [0.2, 0.25) is 0 Å². The Balaban J connectivity index is 2.19. The molecule has 1 atom stereocenters. The molecule has 0 spiro atoms. The van der Waals surface area contributed by atoms with Crippen LogP contribution < -0.4 is 5.32 Å². The molecule has 0 fully saturated rings. The third-order valence-electron chi connectivity index (χ3n) is 4.45. The zero-order valence-electron chi connectivity index (χ0n) is 16.1. The van der Waals surface area contributed by atoms with Crippen LogP contribution in [0.15, 0.2) is 48.5 Å². The number of benzene rings is 2. The molecule has 7 heteroatoms. The highest BCUT2D eigenvalue weighted by Crippen LogP contribution is 2.34. The van der Waals surface area contributed by atoms with E-state index in [-0.39, 0.29) is 24.4 Å². The fraction of sp³-hybridized carbons (Fsp3) is 0.286. The number of esters is 1. The van der Waals surface area contributed by atoms with Gasteiger partial charge in [0.1, 0.15) is 5.69 Å². The van der Waals surface area contributed by atoms with Crippen molar-refractivity contribution >= 4 is 22.6 Å². The second-order valence-corrected chi connectivity index (χ2v) is 6.78. The van der Waals surface area contributed by atoms with Gasteiger partial charge in [-0.1, -0.05) is 30.3 Å². The average Bonchev–Trinajstić information content (AvgIpc) is 3.06. The third kappa shape index (κ3) is 3.89. The zero-order chi connectivity index (χ0) is 20.3. The first kappa shape index (κ1) is 19.6. The molecule has 0 aliphatic rings. The Hall–Kier alpha value is -3.19. The molecule has 0 aliphatic heterocycles. The SMILES string of the molecule is CCOC(=O)c1[nH]c2ccccc2c1[C@@H](NC(C)C)c1ccc([N+](=O)[O-])cc1. The third-order valence-corrected chi connectivity index (χ3v) is 4.45. The van der Waals surface area contributed by atoms with E-state index in [0.717, 1.165) is 22.0 Å². The van der Waals surface area contributed by atoms with Crippen LogP contribution in [0.3, 0.4) is 0 Å². The van der Waals surface area contributed by atoms with Crippen molar-refractivity contribution in [3.05, 3.63) is 75.5 Å². The number of non-ortho nitro benzene ring substituents is 1. The van der Waals surface area contributed by atoms with Crippen molar-refractivity contribution < 1.29 is 14.5 Å². The second kappa shape index (κ2) is 8.22. The van der Waals surface area contributed by atoms with Gasteiger partial charge in [0, 0.05) is 34.6 Å². The number of nitrogens with zero attached hydrogens (tertiary/aromatic N) is 1. The van der Waals surface area contributed by atoms with Gasteiger partial charge in [0.15, 0.2) is 0 Å². The minimum atomic E-state index is -0.426. The van der Waals surface area contributed by atoms with E-state index in [2.05, 4.69) is 10.3 Å². The number of para-hydroxylation sites is 1. The Morgan fingerprint density at radius 1 is 1.18 bits per heavy atom. The maximum atomic E-state index is 12.6. The molecular weight excluding hydrogens is 358 g/mol. The number of H-pyrrole nitrogens is 1. The molecular formula is C21H23N3O4. The fourth-order valence-corrected chi connectivity index (χ4v) is 3.30. The van der Waals surface area contributed by atoms with Crippen LogP contribution in [-0.2, 0) is 4.74 Å². The summed E-state index contributed by atoms with van der Waals surface area (Å²) in [5.74, 6) is -0.425. The number of ether oxygens (including phenoxy) is 1. The maximum absolute atomic E-state index is 12.6. The van der Waals surface area contributed by atoms with E-state index in [4.69, 9.17) is 4.74 Å². The summed E-state index contributed by atoms with van der Waals surface area (Å²) in [6.45, 7) is 6.06. The second-order valence-electron chi connectivity index (χ2n) is 6.78. The molecule has 146 valence electrons. The molecule has 0 saturated heterocycles. The van der Waals surface area contributed by atoms with Crippen LogP contribution in [0.4, 0.5) is 5.69 Å². The van der Waals surface area contributed by atoms with Crippen LogP contribution >= 0.6 is 0 Å². The normalized spacial score (nSPS) is 12.3. The lowest BCUT2D eigenvalue weighted by Gasteiger charge is -2.23. The summed E-state index contributed by atoms with van der Waals surface area (Å²) in [4.78, 5) is 26.4. The van der Waals surface area contributed by atoms with Gasteiger partial charge in [-0.25, -0.2) is 4.79 Å². The number of nitro benzene ring substituents is 1. The van der Waals surface area contributed by atoms with Gasteiger partial charge in [-0.05, 0) is 32.4 Å². The molecule has 0 bridgehead atoms. The molecule has 0 saturated carbocycles. The van der Waals surface area contributed by atoms with Crippen molar-refractivity contribution in [2.45, 2.75) is 32.9 Å². The number of hydrogen-bond acceptors (Lipinski definition) is 5. The highest BCUT2D eigenvalue weighted by molar-refractivity contribution is 5.99. The van der Waals surface area contributed by atoms with Crippen LogP contribution in [0.25, 0.3) is 10.9 Å². The van der Waals surface area contributed by atoms with Gasteiger partial charge in [-0.3, -0.25) is 10.1 Å². The van der Waals surface area contributed by atoms with Crippen LogP contribution in [0.5, 0.6) is 0 Å². The number of aromatic amines is 1. The Morgan fingerprint density at radius 2 is 1.86 bits per heavy atom. The van der Waals surface area contributed by atoms with Crippen molar-refractivity contribution in [1.29, 1.82) is 0 Å². The van der Waals surface area contributed by atoms with Crippen LogP contribution in [0.1, 0.15) is 48.4 Å². The number of fused-ring (bicyclic) bond motifs is 1. The largest absolute Gasteiger partial charge is 0.461 e. The summed E-state index contributed by atoms with van der Waals surface area (Å²) >= 11 is 0. The average molecular weight is 381 g/mol. The van der Waals surface area contributed by atoms with Crippen molar-refractivity contribution in [2.24, 2.45) is 0 Å². The predicted molar refractivity (Wildman–Crippen MR) is 107 cm³/mol. The molecule has 28 heavy (non-hydrogen) atoms. The molecule has 0 aliphatic carbocycles. The van der Waals surface area contributed by atoms with Crippen molar-refractivity contribution in [3.63, 3.8) is 0 Å². The van der Waals surface area contributed by atoms with E-state index >= 15 is 0 Å². The summed E-state index contributed by atoms with van der Waals surface area (Å²) in [7, 11) is 0. The Bertz CT molecular complexity index is 993. The Labute approximate surface area is 162 Å². The zero-order valence-corrected chi connectivity index (χ0v) is 16.1. The summed E-state index contributed by atoms with van der Waals surface area (Å²) in [5, 5.41) is 15.4. The van der Waals surface area contributed by atoms with Gasteiger partial charge in [0.05, 0.1) is 17.6 Å². The van der Waals surface area contributed by atoms with E-state index in [9.17, 15) is 14.9 Å².